The van der Waals surface area contributed by atoms with Crippen LogP contribution in [0.2, 0.25) is 5.02 Å². The minimum atomic E-state index is -0.368. The Morgan fingerprint density at radius 3 is 2.68 bits per heavy atom. The maximum atomic E-state index is 13.8. The number of fused-ring (bicyclic) bond motifs is 1. The van der Waals surface area contributed by atoms with Gasteiger partial charge in [0.2, 0.25) is 0 Å². The largest absolute Gasteiger partial charge is 0.493 e. The van der Waals surface area contributed by atoms with E-state index in [1.807, 2.05) is 31.2 Å². The van der Waals surface area contributed by atoms with Crippen LogP contribution in [0.15, 0.2) is 66.7 Å². The summed E-state index contributed by atoms with van der Waals surface area (Å²) in [6.45, 7) is 4.03. The number of hydrogen-bond donors (Lipinski definition) is 1. The second kappa shape index (κ2) is 8.74. The summed E-state index contributed by atoms with van der Waals surface area (Å²) in [4.78, 5) is 17.5. The highest BCUT2D eigenvalue weighted by Gasteiger charge is 2.13. The Bertz CT molecular complexity index is 1290. The fourth-order valence-electron chi connectivity index (χ4n) is 3.28. The average molecular weight is 435 g/mol. The Labute approximate surface area is 184 Å². The minimum absolute atomic E-state index is 0.341. The van der Waals surface area contributed by atoms with Gasteiger partial charge in [-0.2, -0.15) is 0 Å². The second-order valence-electron chi connectivity index (χ2n) is 7.10. The van der Waals surface area contributed by atoms with Crippen LogP contribution in [0.3, 0.4) is 0 Å². The molecule has 1 N–H and O–H groups in total. The number of anilines is 1. The van der Waals surface area contributed by atoms with Crippen LogP contribution >= 0.6 is 11.6 Å². The van der Waals surface area contributed by atoms with Crippen LogP contribution in [0, 0.1) is 12.7 Å². The molecule has 4 aromatic rings. The maximum Gasteiger partial charge on any atom is 0.255 e. The fourth-order valence-corrected chi connectivity index (χ4v) is 3.47. The molecule has 1 aromatic heterocycles. The van der Waals surface area contributed by atoms with Gasteiger partial charge in [0.25, 0.3) is 5.91 Å². The number of amides is 1. The van der Waals surface area contributed by atoms with Crippen molar-refractivity contribution in [1.82, 2.24) is 4.98 Å². The lowest BCUT2D eigenvalue weighted by Crippen LogP contribution is -2.12. The van der Waals surface area contributed by atoms with Gasteiger partial charge >= 0.3 is 0 Å². The number of halogens is 2. The van der Waals surface area contributed by atoms with E-state index in [-0.39, 0.29) is 11.7 Å². The Hall–Kier alpha value is -3.44. The molecule has 0 fully saturated rings. The molecule has 6 heteroatoms. The quantitative estimate of drug-likeness (QED) is 0.382. The third kappa shape index (κ3) is 4.52. The molecule has 0 aliphatic rings. The molecule has 0 unspecified atom stereocenters. The molecule has 31 heavy (non-hydrogen) atoms. The average Bonchev–Trinajstić information content (AvgIpc) is 2.76. The van der Waals surface area contributed by atoms with Crippen molar-refractivity contribution >= 4 is 34.1 Å². The Morgan fingerprint density at radius 2 is 1.94 bits per heavy atom. The van der Waals surface area contributed by atoms with E-state index in [0.717, 1.165) is 16.6 Å². The number of nitrogens with zero attached hydrogens (tertiary/aromatic N) is 1. The molecule has 0 saturated heterocycles. The van der Waals surface area contributed by atoms with Gasteiger partial charge in [0, 0.05) is 33.3 Å². The van der Waals surface area contributed by atoms with E-state index >= 15 is 0 Å². The summed E-state index contributed by atoms with van der Waals surface area (Å²) in [5.74, 6) is -0.0855. The number of benzene rings is 3. The third-order valence-corrected chi connectivity index (χ3v) is 5.12. The fraction of sp³-hybridized carbons (Fsp3) is 0.120. The van der Waals surface area contributed by atoms with Gasteiger partial charge in [0.1, 0.15) is 11.6 Å². The smallest absolute Gasteiger partial charge is 0.255 e. The van der Waals surface area contributed by atoms with Crippen LogP contribution in [-0.2, 0) is 0 Å². The first-order chi connectivity index (χ1) is 14.9. The molecular weight excluding hydrogens is 415 g/mol. The molecule has 0 aliphatic carbocycles. The van der Waals surface area contributed by atoms with Crippen molar-refractivity contribution in [2.45, 2.75) is 13.8 Å². The van der Waals surface area contributed by atoms with Crippen LogP contribution in [0.1, 0.15) is 22.8 Å². The predicted octanol–water partition coefficient (Wildman–Crippen LogP) is 6.65. The Balaban J connectivity index is 1.72. The van der Waals surface area contributed by atoms with E-state index in [2.05, 4.69) is 5.32 Å². The Morgan fingerprint density at radius 1 is 1.10 bits per heavy atom. The van der Waals surface area contributed by atoms with E-state index in [1.54, 1.807) is 43.3 Å². The predicted molar refractivity (Wildman–Crippen MR) is 122 cm³/mol. The SMILES string of the molecule is CCOc1cc(-c2cccc(Cl)c2)nc2ccc(C(=O)Nc3ccc(C)c(F)c3)cc12. The molecule has 3 aromatic carbocycles. The molecule has 0 bridgehead atoms. The van der Waals surface area contributed by atoms with E-state index in [1.165, 1.54) is 6.07 Å². The van der Waals surface area contributed by atoms with Gasteiger partial charge < -0.3 is 10.1 Å². The molecule has 156 valence electrons. The number of carbonyl (C=O) groups is 1. The van der Waals surface area contributed by atoms with E-state index < -0.39 is 0 Å². The molecule has 0 atom stereocenters. The zero-order valence-electron chi connectivity index (χ0n) is 17.1. The highest BCUT2D eigenvalue weighted by Crippen LogP contribution is 2.32. The number of nitrogens with one attached hydrogen (secondary N) is 1. The standard InChI is InChI=1S/C25H20ClFN2O2/c1-3-31-24-14-23(16-5-4-6-18(26)11-16)29-22-10-8-17(12-20(22)24)25(30)28-19-9-7-15(2)21(27)13-19/h4-14H,3H2,1-2H3,(H,28,30). The number of aromatic nitrogens is 1. The lowest BCUT2D eigenvalue weighted by molar-refractivity contribution is 0.102. The second-order valence-corrected chi connectivity index (χ2v) is 7.54. The van der Waals surface area contributed by atoms with Crippen LogP contribution in [0.25, 0.3) is 22.2 Å². The van der Waals surface area contributed by atoms with Gasteiger partial charge in [0.05, 0.1) is 17.8 Å². The molecule has 4 nitrogen and oxygen atoms in total. The molecule has 0 radical (unpaired) electrons. The molecule has 0 spiro atoms. The summed E-state index contributed by atoms with van der Waals surface area (Å²) < 4.78 is 19.6. The number of aryl methyl sites for hydroxylation is 1. The molecule has 0 saturated carbocycles. The van der Waals surface area contributed by atoms with Crippen LogP contribution in [0.4, 0.5) is 10.1 Å². The third-order valence-electron chi connectivity index (χ3n) is 4.88. The summed E-state index contributed by atoms with van der Waals surface area (Å²) in [6.07, 6.45) is 0. The summed E-state index contributed by atoms with van der Waals surface area (Å²) in [6, 6.07) is 19.1. The maximum absolute atomic E-state index is 13.8. The minimum Gasteiger partial charge on any atom is -0.493 e. The van der Waals surface area contributed by atoms with Crippen molar-refractivity contribution in [3.63, 3.8) is 0 Å². The van der Waals surface area contributed by atoms with E-state index in [9.17, 15) is 9.18 Å². The molecule has 1 amide bonds. The van der Waals surface area contributed by atoms with E-state index in [4.69, 9.17) is 21.3 Å². The van der Waals surface area contributed by atoms with Crippen LogP contribution in [-0.4, -0.2) is 17.5 Å². The number of ether oxygens (including phenoxy) is 1. The van der Waals surface area contributed by atoms with Crippen molar-refractivity contribution in [2.24, 2.45) is 0 Å². The molecular formula is C25H20ClFN2O2. The summed E-state index contributed by atoms with van der Waals surface area (Å²) >= 11 is 6.13. The topological polar surface area (TPSA) is 51.2 Å². The number of carbonyl (C=O) groups excluding carboxylic acids is 1. The number of pyridine rings is 1. The summed E-state index contributed by atoms with van der Waals surface area (Å²) in [5.41, 5.74) is 3.63. The monoisotopic (exact) mass is 434 g/mol. The summed E-state index contributed by atoms with van der Waals surface area (Å²) in [5, 5.41) is 4.07. The van der Waals surface area contributed by atoms with Gasteiger partial charge in [-0.05, 0) is 61.9 Å². The van der Waals surface area contributed by atoms with Crippen molar-refractivity contribution < 1.29 is 13.9 Å². The molecule has 4 rings (SSSR count). The zero-order valence-corrected chi connectivity index (χ0v) is 17.8. The first-order valence-electron chi connectivity index (χ1n) is 9.85. The van der Waals surface area contributed by atoms with Crippen molar-refractivity contribution in [1.29, 1.82) is 0 Å². The van der Waals surface area contributed by atoms with Gasteiger partial charge in [-0.3, -0.25) is 4.79 Å². The summed E-state index contributed by atoms with van der Waals surface area (Å²) in [7, 11) is 0. The van der Waals surface area contributed by atoms with Crippen LogP contribution in [0.5, 0.6) is 5.75 Å². The highest BCUT2D eigenvalue weighted by molar-refractivity contribution is 6.30. The van der Waals surface area contributed by atoms with Gasteiger partial charge in [-0.1, -0.05) is 29.8 Å². The lowest BCUT2D eigenvalue weighted by Gasteiger charge is -2.12. The zero-order chi connectivity index (χ0) is 22.0. The van der Waals surface area contributed by atoms with Crippen molar-refractivity contribution in [3.8, 4) is 17.0 Å². The van der Waals surface area contributed by atoms with Crippen LogP contribution < -0.4 is 10.1 Å². The van der Waals surface area contributed by atoms with Gasteiger partial charge in [0.15, 0.2) is 0 Å². The molecule has 1 heterocycles. The molecule has 0 aliphatic heterocycles. The lowest BCUT2D eigenvalue weighted by atomic mass is 10.1. The van der Waals surface area contributed by atoms with Gasteiger partial charge in [-0.15, -0.1) is 0 Å². The first-order valence-corrected chi connectivity index (χ1v) is 10.2. The van der Waals surface area contributed by atoms with Gasteiger partial charge in [-0.25, -0.2) is 9.37 Å². The van der Waals surface area contributed by atoms with E-state index in [0.29, 0.717) is 39.7 Å². The number of rotatable bonds is 5. The Kier molecular flexibility index (Phi) is 5.87. The first kappa shape index (κ1) is 20.8. The number of hydrogen-bond acceptors (Lipinski definition) is 3. The normalized spacial score (nSPS) is 10.8. The van der Waals surface area contributed by atoms with Crippen molar-refractivity contribution in [2.75, 3.05) is 11.9 Å². The highest BCUT2D eigenvalue weighted by atomic mass is 35.5. The van der Waals surface area contributed by atoms with Crippen molar-refractivity contribution in [3.05, 3.63) is 88.7 Å².